The first kappa shape index (κ1) is 22.3. The van der Waals surface area contributed by atoms with Crippen molar-refractivity contribution >= 4 is 26.5 Å². The molecule has 1 unspecified atom stereocenters. The van der Waals surface area contributed by atoms with Crippen LogP contribution in [0.15, 0.2) is 66.7 Å². The van der Waals surface area contributed by atoms with Crippen molar-refractivity contribution in [3.8, 4) is 5.75 Å². The van der Waals surface area contributed by atoms with Crippen molar-refractivity contribution in [3.63, 3.8) is 0 Å². The zero-order chi connectivity index (χ0) is 22.7. The molecule has 1 saturated heterocycles. The van der Waals surface area contributed by atoms with Crippen LogP contribution in [0.5, 0.6) is 5.75 Å². The van der Waals surface area contributed by atoms with Crippen molar-refractivity contribution in [3.05, 3.63) is 77.9 Å². The standard InChI is InChI=1S/C26H29NO4S/c1-19(2)17-31-24-12-10-21(11-13-24)26(28)27(23-14-15-32(29,30)18-23)16-22-8-5-7-20-6-3-4-9-25(20)22/h3-13,19,23H,14-18H2,1-2H3. The third-order valence-electron chi connectivity index (χ3n) is 5.82. The van der Waals surface area contributed by atoms with Crippen LogP contribution < -0.4 is 4.74 Å². The fourth-order valence-electron chi connectivity index (χ4n) is 4.12. The van der Waals surface area contributed by atoms with E-state index in [4.69, 9.17) is 4.74 Å². The van der Waals surface area contributed by atoms with Gasteiger partial charge >= 0.3 is 0 Å². The third-order valence-corrected chi connectivity index (χ3v) is 7.57. The van der Waals surface area contributed by atoms with Crippen molar-refractivity contribution in [2.75, 3.05) is 18.1 Å². The molecule has 0 N–H and O–H groups in total. The molecule has 1 aliphatic rings. The molecule has 0 spiro atoms. The summed E-state index contributed by atoms with van der Waals surface area (Å²) in [6.45, 7) is 5.14. The summed E-state index contributed by atoms with van der Waals surface area (Å²) in [5, 5.41) is 2.18. The first-order valence-electron chi connectivity index (χ1n) is 11.0. The quantitative estimate of drug-likeness (QED) is 0.522. The van der Waals surface area contributed by atoms with Crippen LogP contribution in [-0.2, 0) is 16.4 Å². The maximum atomic E-state index is 13.6. The average molecular weight is 452 g/mol. The van der Waals surface area contributed by atoms with Crippen molar-refractivity contribution in [1.29, 1.82) is 0 Å². The fourth-order valence-corrected chi connectivity index (χ4v) is 5.85. The number of benzene rings is 3. The Morgan fingerprint density at radius 2 is 1.75 bits per heavy atom. The minimum atomic E-state index is -3.13. The largest absolute Gasteiger partial charge is 0.493 e. The summed E-state index contributed by atoms with van der Waals surface area (Å²) < 4.78 is 30.1. The minimum Gasteiger partial charge on any atom is -0.493 e. The molecule has 6 heteroatoms. The number of amides is 1. The van der Waals surface area contributed by atoms with E-state index in [0.717, 1.165) is 22.1 Å². The molecule has 1 atom stereocenters. The highest BCUT2D eigenvalue weighted by Crippen LogP contribution is 2.26. The molecule has 0 saturated carbocycles. The number of fused-ring (bicyclic) bond motifs is 1. The maximum Gasteiger partial charge on any atom is 0.254 e. The van der Waals surface area contributed by atoms with E-state index in [0.29, 0.717) is 31.1 Å². The summed E-state index contributed by atoms with van der Waals surface area (Å²) in [6, 6.07) is 20.9. The molecule has 4 rings (SSSR count). The Labute approximate surface area is 189 Å². The summed E-state index contributed by atoms with van der Waals surface area (Å²) in [7, 11) is -3.13. The van der Waals surface area contributed by atoms with Crippen LogP contribution in [0.3, 0.4) is 0 Å². The molecule has 0 aliphatic carbocycles. The van der Waals surface area contributed by atoms with E-state index in [1.807, 2.05) is 42.5 Å². The lowest BCUT2D eigenvalue weighted by Gasteiger charge is -2.29. The second-order valence-electron chi connectivity index (χ2n) is 8.86. The van der Waals surface area contributed by atoms with E-state index in [9.17, 15) is 13.2 Å². The predicted octanol–water partition coefficient (Wildman–Crippen LogP) is 4.70. The molecular weight excluding hydrogens is 422 g/mol. The molecular formula is C26H29NO4S. The average Bonchev–Trinajstić information content (AvgIpc) is 3.15. The maximum absolute atomic E-state index is 13.6. The first-order chi connectivity index (χ1) is 15.3. The molecule has 0 bridgehead atoms. The summed E-state index contributed by atoms with van der Waals surface area (Å²) in [5.74, 6) is 1.12. The lowest BCUT2D eigenvalue weighted by molar-refractivity contribution is 0.0681. The molecule has 5 nitrogen and oxygen atoms in total. The van der Waals surface area contributed by atoms with E-state index in [1.165, 1.54) is 0 Å². The van der Waals surface area contributed by atoms with E-state index in [1.54, 1.807) is 29.2 Å². The molecule has 1 fully saturated rings. The van der Waals surface area contributed by atoms with Gasteiger partial charge in [-0.15, -0.1) is 0 Å². The molecule has 32 heavy (non-hydrogen) atoms. The molecule has 1 amide bonds. The molecule has 1 aliphatic heterocycles. The Hall–Kier alpha value is -2.86. The van der Waals surface area contributed by atoms with E-state index in [-0.39, 0.29) is 23.5 Å². The van der Waals surface area contributed by atoms with Gasteiger partial charge in [0.1, 0.15) is 5.75 Å². The minimum absolute atomic E-state index is 0.0130. The fraction of sp³-hybridized carbons (Fsp3) is 0.346. The molecule has 0 radical (unpaired) electrons. The van der Waals surface area contributed by atoms with Crippen molar-refractivity contribution in [2.24, 2.45) is 5.92 Å². The van der Waals surface area contributed by atoms with Crippen LogP contribution in [0.2, 0.25) is 0 Å². The Bertz CT molecular complexity index is 1200. The van der Waals surface area contributed by atoms with Crippen LogP contribution in [0.1, 0.15) is 36.2 Å². The summed E-state index contributed by atoms with van der Waals surface area (Å²) in [6.07, 6.45) is 0.467. The number of rotatable bonds is 7. The van der Waals surface area contributed by atoms with Crippen LogP contribution in [0.4, 0.5) is 0 Å². The Morgan fingerprint density at radius 3 is 2.44 bits per heavy atom. The number of carbonyl (C=O) groups is 1. The predicted molar refractivity (Wildman–Crippen MR) is 128 cm³/mol. The Morgan fingerprint density at radius 1 is 1.03 bits per heavy atom. The molecule has 0 aromatic heterocycles. The monoisotopic (exact) mass is 451 g/mol. The van der Waals surface area contributed by atoms with Crippen LogP contribution in [0.25, 0.3) is 10.8 Å². The zero-order valence-electron chi connectivity index (χ0n) is 18.5. The highest BCUT2D eigenvalue weighted by molar-refractivity contribution is 7.91. The smallest absolute Gasteiger partial charge is 0.254 e. The summed E-state index contributed by atoms with van der Waals surface area (Å²) >= 11 is 0. The van der Waals surface area contributed by atoms with Crippen LogP contribution in [-0.4, -0.2) is 43.4 Å². The van der Waals surface area contributed by atoms with Gasteiger partial charge in [-0.1, -0.05) is 56.3 Å². The molecule has 1 heterocycles. The highest BCUT2D eigenvalue weighted by Gasteiger charge is 2.35. The normalized spacial score (nSPS) is 17.5. The summed E-state index contributed by atoms with van der Waals surface area (Å²) in [5.41, 5.74) is 1.55. The van der Waals surface area contributed by atoms with Gasteiger partial charge in [0, 0.05) is 18.2 Å². The second kappa shape index (κ2) is 9.33. The first-order valence-corrected chi connectivity index (χ1v) is 12.9. The SMILES string of the molecule is CC(C)COc1ccc(C(=O)N(Cc2cccc3ccccc23)C2CCS(=O)(=O)C2)cc1. The molecule has 3 aromatic carbocycles. The van der Waals surface area contributed by atoms with E-state index < -0.39 is 9.84 Å². The number of ether oxygens (including phenoxy) is 1. The van der Waals surface area contributed by atoms with E-state index >= 15 is 0 Å². The van der Waals surface area contributed by atoms with E-state index in [2.05, 4.69) is 13.8 Å². The highest BCUT2D eigenvalue weighted by atomic mass is 32.2. The second-order valence-corrected chi connectivity index (χ2v) is 11.1. The zero-order valence-corrected chi connectivity index (χ0v) is 19.3. The van der Waals surface area contributed by atoms with Gasteiger partial charge in [0.15, 0.2) is 9.84 Å². The molecule has 3 aromatic rings. The third kappa shape index (κ3) is 5.13. The van der Waals surface area contributed by atoms with Crippen molar-refractivity contribution < 1.29 is 17.9 Å². The van der Waals surface area contributed by atoms with Gasteiger partial charge in [0.05, 0.1) is 18.1 Å². The summed E-state index contributed by atoms with van der Waals surface area (Å²) in [4.78, 5) is 15.3. The van der Waals surface area contributed by atoms with Gasteiger partial charge in [-0.2, -0.15) is 0 Å². The van der Waals surface area contributed by atoms with Crippen molar-refractivity contribution in [1.82, 2.24) is 4.90 Å². The lowest BCUT2D eigenvalue weighted by Crippen LogP contribution is -2.40. The van der Waals surface area contributed by atoms with Gasteiger partial charge in [-0.3, -0.25) is 4.79 Å². The topological polar surface area (TPSA) is 63.7 Å². The van der Waals surface area contributed by atoms with Gasteiger partial charge in [-0.05, 0) is 52.9 Å². The van der Waals surface area contributed by atoms with Gasteiger partial charge in [-0.25, -0.2) is 8.42 Å². The van der Waals surface area contributed by atoms with Gasteiger partial charge < -0.3 is 9.64 Å². The Kier molecular flexibility index (Phi) is 6.51. The number of nitrogens with zero attached hydrogens (tertiary/aromatic N) is 1. The number of hydrogen-bond acceptors (Lipinski definition) is 4. The van der Waals surface area contributed by atoms with Crippen LogP contribution >= 0.6 is 0 Å². The molecule has 168 valence electrons. The van der Waals surface area contributed by atoms with Crippen molar-refractivity contribution in [2.45, 2.75) is 32.9 Å². The van der Waals surface area contributed by atoms with Gasteiger partial charge in [0.25, 0.3) is 5.91 Å². The van der Waals surface area contributed by atoms with Gasteiger partial charge in [0.2, 0.25) is 0 Å². The van der Waals surface area contributed by atoms with Crippen LogP contribution in [0, 0.1) is 5.92 Å². The number of hydrogen-bond donors (Lipinski definition) is 0. The Balaban J connectivity index is 1.63. The lowest BCUT2D eigenvalue weighted by atomic mass is 10.0. The number of sulfone groups is 1. The number of carbonyl (C=O) groups excluding carboxylic acids is 1.